The highest BCUT2D eigenvalue weighted by atomic mass is 35.5. The molecule has 2 rings (SSSR count). The Hall–Kier alpha value is -1.58. The smallest absolute Gasteiger partial charge is 0.120 e. The Morgan fingerprint density at radius 2 is 2.17 bits per heavy atom. The van der Waals surface area contributed by atoms with Crippen molar-refractivity contribution in [1.82, 2.24) is 4.98 Å². The van der Waals surface area contributed by atoms with Gasteiger partial charge in [-0.25, -0.2) is 0 Å². The van der Waals surface area contributed by atoms with Gasteiger partial charge in [-0.3, -0.25) is 4.98 Å². The molecule has 0 saturated carbocycles. The van der Waals surface area contributed by atoms with Gasteiger partial charge in [0.25, 0.3) is 0 Å². The van der Waals surface area contributed by atoms with Gasteiger partial charge in [-0.05, 0) is 29.8 Å². The van der Waals surface area contributed by atoms with Gasteiger partial charge in [0.2, 0.25) is 0 Å². The number of aliphatic hydroxyl groups is 1. The zero-order valence-electron chi connectivity index (χ0n) is 9.79. The van der Waals surface area contributed by atoms with Crippen LogP contribution in [-0.2, 0) is 6.42 Å². The molecule has 0 bridgehead atoms. The third-order valence-electron chi connectivity index (χ3n) is 2.43. The maximum Gasteiger partial charge on any atom is 0.120 e. The molecule has 94 valence electrons. The lowest BCUT2D eigenvalue weighted by Crippen LogP contribution is -2.20. The van der Waals surface area contributed by atoms with Crippen LogP contribution in [0.4, 0.5) is 0 Å². The highest BCUT2D eigenvalue weighted by molar-refractivity contribution is 6.30. The van der Waals surface area contributed by atoms with Gasteiger partial charge in [-0.15, -0.1) is 0 Å². The molecule has 2 aromatic rings. The summed E-state index contributed by atoms with van der Waals surface area (Å²) >= 11 is 5.84. The van der Waals surface area contributed by atoms with Gasteiger partial charge in [0.15, 0.2) is 0 Å². The summed E-state index contributed by atoms with van der Waals surface area (Å²) in [6.07, 6.45) is 3.41. The van der Waals surface area contributed by atoms with Gasteiger partial charge in [0.05, 0.1) is 6.10 Å². The number of halogens is 1. The largest absolute Gasteiger partial charge is 0.491 e. The summed E-state index contributed by atoms with van der Waals surface area (Å²) < 4.78 is 5.47. The molecular weight excluding hydrogens is 250 g/mol. The van der Waals surface area contributed by atoms with Gasteiger partial charge in [0.1, 0.15) is 12.4 Å². The van der Waals surface area contributed by atoms with Crippen LogP contribution in [-0.4, -0.2) is 22.8 Å². The maximum absolute atomic E-state index is 9.85. The van der Waals surface area contributed by atoms with E-state index in [1.165, 1.54) is 0 Å². The van der Waals surface area contributed by atoms with Crippen LogP contribution in [0, 0.1) is 0 Å². The fourth-order valence-electron chi connectivity index (χ4n) is 1.60. The highest BCUT2D eigenvalue weighted by Gasteiger charge is 2.07. The minimum atomic E-state index is -0.562. The first-order valence-corrected chi connectivity index (χ1v) is 6.07. The van der Waals surface area contributed by atoms with E-state index in [4.69, 9.17) is 16.3 Å². The third-order valence-corrected chi connectivity index (χ3v) is 2.67. The molecule has 4 heteroatoms. The molecule has 0 spiro atoms. The van der Waals surface area contributed by atoms with Crippen molar-refractivity contribution in [2.24, 2.45) is 0 Å². The number of aromatic nitrogens is 1. The van der Waals surface area contributed by atoms with E-state index in [1.807, 2.05) is 24.3 Å². The van der Waals surface area contributed by atoms with Crippen LogP contribution in [0.25, 0.3) is 0 Å². The molecule has 1 aromatic heterocycles. The zero-order chi connectivity index (χ0) is 12.8. The molecule has 0 aliphatic rings. The second-order valence-corrected chi connectivity index (χ2v) is 4.42. The fraction of sp³-hybridized carbons (Fsp3) is 0.214. The second kappa shape index (κ2) is 6.38. The molecule has 0 aliphatic heterocycles. The van der Waals surface area contributed by atoms with E-state index in [0.29, 0.717) is 17.2 Å². The molecule has 1 atom stereocenters. The Balaban J connectivity index is 1.83. The average molecular weight is 264 g/mol. The summed E-state index contributed by atoms with van der Waals surface area (Å²) in [6, 6.07) is 10.9. The van der Waals surface area contributed by atoms with Gasteiger partial charge in [-0.2, -0.15) is 0 Å². The van der Waals surface area contributed by atoms with Crippen LogP contribution in [0.3, 0.4) is 0 Å². The van der Waals surface area contributed by atoms with Crippen molar-refractivity contribution in [1.29, 1.82) is 0 Å². The fourth-order valence-corrected chi connectivity index (χ4v) is 1.78. The molecule has 0 amide bonds. The van der Waals surface area contributed by atoms with Crippen molar-refractivity contribution >= 4 is 11.6 Å². The monoisotopic (exact) mass is 263 g/mol. The molecule has 0 radical (unpaired) electrons. The zero-order valence-corrected chi connectivity index (χ0v) is 10.5. The molecule has 3 nitrogen and oxygen atoms in total. The van der Waals surface area contributed by atoms with E-state index < -0.39 is 6.10 Å². The molecular formula is C14H14ClNO2. The first-order chi connectivity index (χ1) is 8.74. The molecule has 0 saturated heterocycles. The van der Waals surface area contributed by atoms with Crippen LogP contribution in [0.5, 0.6) is 5.75 Å². The molecule has 18 heavy (non-hydrogen) atoms. The van der Waals surface area contributed by atoms with Crippen molar-refractivity contribution < 1.29 is 9.84 Å². The Morgan fingerprint density at radius 3 is 2.89 bits per heavy atom. The summed E-state index contributed by atoms with van der Waals surface area (Å²) in [5.41, 5.74) is 0.986. The van der Waals surface area contributed by atoms with E-state index in [2.05, 4.69) is 4.98 Å². The van der Waals surface area contributed by atoms with E-state index in [0.717, 1.165) is 5.56 Å². The van der Waals surface area contributed by atoms with E-state index in [-0.39, 0.29) is 6.61 Å². The minimum Gasteiger partial charge on any atom is -0.491 e. The summed E-state index contributed by atoms with van der Waals surface area (Å²) in [6.45, 7) is 0.231. The third kappa shape index (κ3) is 4.02. The van der Waals surface area contributed by atoms with Crippen molar-refractivity contribution in [2.75, 3.05) is 6.61 Å². The predicted octanol–water partition coefficient (Wildman–Crippen LogP) is 2.72. The summed E-state index contributed by atoms with van der Waals surface area (Å²) in [7, 11) is 0. The van der Waals surface area contributed by atoms with E-state index >= 15 is 0 Å². The van der Waals surface area contributed by atoms with Crippen LogP contribution in [0.2, 0.25) is 5.02 Å². The topological polar surface area (TPSA) is 42.4 Å². The lowest BCUT2D eigenvalue weighted by atomic mass is 10.1. The second-order valence-electron chi connectivity index (χ2n) is 3.99. The van der Waals surface area contributed by atoms with Gasteiger partial charge in [-0.1, -0.05) is 23.7 Å². The number of nitrogens with zero attached hydrogens (tertiary/aromatic N) is 1. The Bertz CT molecular complexity index is 490. The first kappa shape index (κ1) is 12.9. The van der Waals surface area contributed by atoms with Crippen LogP contribution in [0.1, 0.15) is 5.56 Å². The van der Waals surface area contributed by atoms with Crippen LogP contribution in [0.15, 0.2) is 48.8 Å². The number of rotatable bonds is 5. The van der Waals surface area contributed by atoms with Crippen molar-refractivity contribution in [3.63, 3.8) is 0 Å². The molecule has 0 aliphatic carbocycles. The predicted molar refractivity (Wildman–Crippen MR) is 70.9 cm³/mol. The summed E-state index contributed by atoms with van der Waals surface area (Å²) in [5.74, 6) is 0.660. The summed E-state index contributed by atoms with van der Waals surface area (Å²) in [4.78, 5) is 4.00. The van der Waals surface area contributed by atoms with Gasteiger partial charge >= 0.3 is 0 Å². The lowest BCUT2D eigenvalue weighted by Gasteiger charge is -2.12. The number of benzene rings is 1. The van der Waals surface area contributed by atoms with Gasteiger partial charge < -0.3 is 9.84 Å². The van der Waals surface area contributed by atoms with E-state index in [1.54, 1.807) is 24.5 Å². The van der Waals surface area contributed by atoms with Crippen molar-refractivity contribution in [3.05, 3.63) is 59.4 Å². The van der Waals surface area contributed by atoms with Crippen molar-refractivity contribution in [2.45, 2.75) is 12.5 Å². The average Bonchev–Trinajstić information content (AvgIpc) is 2.38. The first-order valence-electron chi connectivity index (χ1n) is 5.69. The number of hydrogen-bond acceptors (Lipinski definition) is 3. The quantitative estimate of drug-likeness (QED) is 0.902. The van der Waals surface area contributed by atoms with Crippen LogP contribution >= 0.6 is 11.6 Å². The lowest BCUT2D eigenvalue weighted by molar-refractivity contribution is 0.107. The Labute approximate surface area is 111 Å². The standard InChI is InChI=1S/C14H14ClNO2/c15-12-4-1-5-14(8-12)18-10-13(17)7-11-3-2-6-16-9-11/h1-6,8-9,13,17H,7,10H2. The summed E-state index contributed by atoms with van der Waals surface area (Å²) in [5, 5.41) is 10.5. The molecule has 1 unspecified atom stereocenters. The maximum atomic E-state index is 9.85. The highest BCUT2D eigenvalue weighted by Crippen LogP contribution is 2.17. The normalized spacial score (nSPS) is 12.1. The molecule has 1 heterocycles. The molecule has 1 aromatic carbocycles. The number of ether oxygens (including phenoxy) is 1. The van der Waals surface area contributed by atoms with Crippen LogP contribution < -0.4 is 4.74 Å². The SMILES string of the molecule is OC(COc1cccc(Cl)c1)Cc1cccnc1. The van der Waals surface area contributed by atoms with E-state index in [9.17, 15) is 5.11 Å². The van der Waals surface area contributed by atoms with Gasteiger partial charge in [0, 0.05) is 23.8 Å². The number of aliphatic hydroxyl groups excluding tert-OH is 1. The molecule has 1 N–H and O–H groups in total. The Kier molecular flexibility index (Phi) is 4.56. The minimum absolute atomic E-state index is 0.231. The van der Waals surface area contributed by atoms with Crippen molar-refractivity contribution in [3.8, 4) is 5.75 Å². The number of hydrogen-bond donors (Lipinski definition) is 1. The number of pyridine rings is 1. The Morgan fingerprint density at radius 1 is 1.28 bits per heavy atom. The molecule has 0 fully saturated rings.